The first kappa shape index (κ1) is 14.0. The number of hydrogen-bond acceptors (Lipinski definition) is 4. The molecule has 1 aromatic carbocycles. The molecule has 2 aromatic rings. The van der Waals surface area contributed by atoms with Crippen LogP contribution in [0, 0.1) is 10.1 Å². The van der Waals surface area contributed by atoms with Crippen molar-refractivity contribution in [1.29, 1.82) is 0 Å². The summed E-state index contributed by atoms with van der Waals surface area (Å²) in [4.78, 5) is 14.1. The topological polar surface area (TPSA) is 65.3 Å². The van der Waals surface area contributed by atoms with E-state index >= 15 is 0 Å². The zero-order valence-electron chi connectivity index (χ0n) is 9.14. The molecule has 1 heterocycles. The predicted octanol–water partition coefficient (Wildman–Crippen LogP) is 4.85. The molecule has 0 atom stereocenters. The summed E-state index contributed by atoms with van der Waals surface area (Å²) in [6.07, 6.45) is 1.54. The number of nitro benzene ring substituents is 1. The van der Waals surface area contributed by atoms with Gasteiger partial charge >= 0.3 is 0 Å². The molecule has 0 saturated carbocycles. The predicted molar refractivity (Wildman–Crippen MR) is 75.1 cm³/mol. The van der Waals surface area contributed by atoms with E-state index in [1.807, 2.05) is 0 Å². The molecule has 0 fully saturated rings. The molecule has 0 bridgehead atoms. The van der Waals surface area contributed by atoms with Gasteiger partial charge in [-0.25, -0.2) is 4.98 Å². The fraction of sp³-hybridized carbons (Fsp3) is 0. The zero-order chi connectivity index (χ0) is 14.0. The molecular formula is C11H5BrCl2N2O3. The summed E-state index contributed by atoms with van der Waals surface area (Å²) >= 11 is 15.1. The quantitative estimate of drug-likeness (QED) is 0.577. The van der Waals surface area contributed by atoms with Crippen molar-refractivity contribution in [3.8, 4) is 11.6 Å². The fourth-order valence-corrected chi connectivity index (χ4v) is 2.06. The van der Waals surface area contributed by atoms with Gasteiger partial charge in [0.25, 0.3) is 5.69 Å². The Morgan fingerprint density at radius 2 is 1.89 bits per heavy atom. The number of nitro groups is 1. The van der Waals surface area contributed by atoms with Gasteiger partial charge < -0.3 is 4.74 Å². The zero-order valence-corrected chi connectivity index (χ0v) is 12.2. The van der Waals surface area contributed by atoms with Gasteiger partial charge in [-0.05, 0) is 22.0 Å². The van der Waals surface area contributed by atoms with Crippen LogP contribution in [-0.4, -0.2) is 9.91 Å². The SMILES string of the molecule is O=[N+]([O-])c1cc(Cl)c(Oc2ccc(Br)cn2)c(Cl)c1. The lowest BCUT2D eigenvalue weighted by Gasteiger charge is -2.08. The van der Waals surface area contributed by atoms with E-state index in [1.54, 1.807) is 18.3 Å². The van der Waals surface area contributed by atoms with Crippen LogP contribution in [0.4, 0.5) is 5.69 Å². The molecule has 0 amide bonds. The average Bonchev–Trinajstić information content (AvgIpc) is 2.35. The van der Waals surface area contributed by atoms with Gasteiger partial charge in [-0.1, -0.05) is 23.2 Å². The van der Waals surface area contributed by atoms with E-state index in [2.05, 4.69) is 20.9 Å². The van der Waals surface area contributed by atoms with Crippen molar-refractivity contribution < 1.29 is 9.66 Å². The molecule has 0 saturated heterocycles. The number of rotatable bonds is 3. The molecule has 2 rings (SSSR count). The Balaban J connectivity index is 2.35. The lowest BCUT2D eigenvalue weighted by molar-refractivity contribution is -0.384. The first-order chi connectivity index (χ1) is 8.97. The van der Waals surface area contributed by atoms with Crippen LogP contribution in [0.15, 0.2) is 34.9 Å². The molecule has 5 nitrogen and oxygen atoms in total. The van der Waals surface area contributed by atoms with Crippen molar-refractivity contribution >= 4 is 44.8 Å². The number of benzene rings is 1. The summed E-state index contributed by atoms with van der Waals surface area (Å²) in [5.74, 6) is 0.407. The summed E-state index contributed by atoms with van der Waals surface area (Å²) in [5.41, 5.74) is -0.203. The van der Waals surface area contributed by atoms with E-state index < -0.39 is 4.92 Å². The Morgan fingerprint density at radius 3 is 2.37 bits per heavy atom. The summed E-state index contributed by atoms with van der Waals surface area (Å²) in [5, 5.41) is 10.7. The molecule has 0 N–H and O–H groups in total. The molecule has 0 unspecified atom stereocenters. The minimum Gasteiger partial charge on any atom is -0.436 e. The second-order valence-corrected chi connectivity index (χ2v) is 5.14. The minimum atomic E-state index is -0.584. The molecule has 0 radical (unpaired) electrons. The van der Waals surface area contributed by atoms with E-state index in [4.69, 9.17) is 27.9 Å². The van der Waals surface area contributed by atoms with Gasteiger partial charge in [-0.3, -0.25) is 10.1 Å². The lowest BCUT2D eigenvalue weighted by Crippen LogP contribution is -1.92. The highest BCUT2D eigenvalue weighted by Gasteiger charge is 2.16. The largest absolute Gasteiger partial charge is 0.436 e. The molecule has 0 aliphatic rings. The molecular weight excluding hydrogens is 359 g/mol. The fourth-order valence-electron chi connectivity index (χ4n) is 1.28. The number of non-ortho nitro benzene ring substituents is 1. The van der Waals surface area contributed by atoms with Gasteiger partial charge in [-0.15, -0.1) is 0 Å². The summed E-state index contributed by atoms with van der Waals surface area (Å²) in [6.45, 7) is 0. The Kier molecular flexibility index (Phi) is 4.24. The van der Waals surface area contributed by atoms with Crippen molar-refractivity contribution in [1.82, 2.24) is 4.98 Å². The van der Waals surface area contributed by atoms with Gasteiger partial charge in [0.1, 0.15) is 0 Å². The second-order valence-electron chi connectivity index (χ2n) is 3.41. The first-order valence-corrected chi connectivity index (χ1v) is 6.45. The van der Waals surface area contributed by atoms with Gasteiger partial charge in [0.05, 0.1) is 15.0 Å². The van der Waals surface area contributed by atoms with E-state index in [9.17, 15) is 10.1 Å². The number of ether oxygens (including phenoxy) is 1. The van der Waals surface area contributed by atoms with Crippen molar-refractivity contribution in [2.75, 3.05) is 0 Å². The van der Waals surface area contributed by atoms with Gasteiger partial charge in [0.2, 0.25) is 5.88 Å². The maximum absolute atomic E-state index is 10.6. The van der Waals surface area contributed by atoms with Crippen molar-refractivity contribution in [3.63, 3.8) is 0 Å². The number of halogens is 3. The first-order valence-electron chi connectivity index (χ1n) is 4.90. The van der Waals surface area contributed by atoms with Crippen LogP contribution < -0.4 is 4.74 Å². The van der Waals surface area contributed by atoms with Crippen LogP contribution >= 0.6 is 39.1 Å². The third kappa shape index (κ3) is 3.34. The maximum Gasteiger partial charge on any atom is 0.272 e. The Morgan fingerprint density at radius 1 is 1.26 bits per heavy atom. The van der Waals surface area contributed by atoms with Crippen LogP contribution in [0.25, 0.3) is 0 Å². The molecule has 8 heteroatoms. The third-order valence-corrected chi connectivity index (χ3v) is 3.13. The van der Waals surface area contributed by atoms with E-state index in [-0.39, 0.29) is 27.4 Å². The van der Waals surface area contributed by atoms with Crippen molar-refractivity contribution in [2.45, 2.75) is 0 Å². The van der Waals surface area contributed by atoms with Gasteiger partial charge in [0, 0.05) is 28.9 Å². The van der Waals surface area contributed by atoms with Crippen LogP contribution in [-0.2, 0) is 0 Å². The molecule has 0 spiro atoms. The number of nitrogens with zero attached hydrogens (tertiary/aromatic N) is 2. The maximum atomic E-state index is 10.6. The number of hydrogen-bond donors (Lipinski definition) is 0. The highest BCUT2D eigenvalue weighted by Crippen LogP contribution is 2.38. The Bertz CT molecular complexity index is 611. The highest BCUT2D eigenvalue weighted by molar-refractivity contribution is 9.10. The highest BCUT2D eigenvalue weighted by atomic mass is 79.9. The van der Waals surface area contributed by atoms with Crippen LogP contribution in [0.5, 0.6) is 11.6 Å². The van der Waals surface area contributed by atoms with E-state index in [0.29, 0.717) is 0 Å². The van der Waals surface area contributed by atoms with Gasteiger partial charge in [0.15, 0.2) is 5.75 Å². The van der Waals surface area contributed by atoms with Crippen LogP contribution in [0.3, 0.4) is 0 Å². The summed E-state index contributed by atoms with van der Waals surface area (Å²) in [6, 6.07) is 5.68. The second kappa shape index (κ2) is 5.73. The average molecular weight is 364 g/mol. The van der Waals surface area contributed by atoms with E-state index in [0.717, 1.165) is 4.47 Å². The molecule has 19 heavy (non-hydrogen) atoms. The number of pyridine rings is 1. The van der Waals surface area contributed by atoms with Crippen molar-refractivity contribution in [3.05, 3.63) is 55.1 Å². The third-order valence-electron chi connectivity index (χ3n) is 2.10. The minimum absolute atomic E-state index is 0.0453. The summed E-state index contributed by atoms with van der Waals surface area (Å²) in [7, 11) is 0. The Labute approximate surface area is 126 Å². The smallest absolute Gasteiger partial charge is 0.272 e. The van der Waals surface area contributed by atoms with Gasteiger partial charge in [-0.2, -0.15) is 0 Å². The number of aromatic nitrogens is 1. The molecule has 0 aliphatic heterocycles. The van der Waals surface area contributed by atoms with E-state index in [1.165, 1.54) is 12.1 Å². The van der Waals surface area contributed by atoms with Crippen LogP contribution in [0.1, 0.15) is 0 Å². The standard InChI is InChI=1S/C11H5BrCl2N2O3/c12-6-1-2-10(15-5-6)19-11-8(13)3-7(16(17)18)4-9(11)14/h1-5H. The van der Waals surface area contributed by atoms with Crippen molar-refractivity contribution in [2.24, 2.45) is 0 Å². The Hall–Kier alpha value is -1.37. The van der Waals surface area contributed by atoms with Crippen LogP contribution in [0.2, 0.25) is 10.0 Å². The molecule has 0 aliphatic carbocycles. The molecule has 1 aromatic heterocycles. The molecule has 98 valence electrons. The normalized spacial score (nSPS) is 10.3. The monoisotopic (exact) mass is 362 g/mol. The summed E-state index contributed by atoms with van der Waals surface area (Å²) < 4.78 is 6.20. The lowest BCUT2D eigenvalue weighted by atomic mass is 10.3.